The van der Waals surface area contributed by atoms with Crippen molar-refractivity contribution in [1.82, 2.24) is 24.1 Å². The number of aromatic nitrogens is 5. The lowest BCUT2D eigenvalue weighted by atomic mass is 10.4. The van der Waals surface area contributed by atoms with Crippen molar-refractivity contribution in [3.8, 4) is 0 Å². The van der Waals surface area contributed by atoms with Crippen molar-refractivity contribution in [2.24, 2.45) is 0 Å². The molecule has 0 amide bonds. The van der Waals surface area contributed by atoms with Crippen LogP contribution in [0.5, 0.6) is 0 Å². The Morgan fingerprint density at radius 2 is 2.10 bits per heavy atom. The number of rotatable bonds is 6. The van der Waals surface area contributed by atoms with Crippen LogP contribution in [-0.2, 0) is 6.54 Å². The van der Waals surface area contributed by atoms with Crippen LogP contribution in [0.2, 0.25) is 0 Å². The number of hydrogen-bond acceptors (Lipinski definition) is 6. The van der Waals surface area contributed by atoms with E-state index in [-0.39, 0.29) is 0 Å². The van der Waals surface area contributed by atoms with Crippen LogP contribution in [0, 0.1) is 4.77 Å². The number of H-pyrrole nitrogens is 1. The molecular formula is C12H16N6S2. The van der Waals surface area contributed by atoms with E-state index in [4.69, 9.17) is 12.2 Å². The molecular weight excluding hydrogens is 292 g/mol. The van der Waals surface area contributed by atoms with Crippen LogP contribution >= 0.6 is 23.8 Å². The minimum Gasteiger partial charge on any atom is -0.358 e. The molecule has 20 heavy (non-hydrogen) atoms. The highest BCUT2D eigenvalue weighted by molar-refractivity contribution is 7.71. The lowest BCUT2D eigenvalue weighted by molar-refractivity contribution is 0.669. The molecule has 0 saturated heterocycles. The van der Waals surface area contributed by atoms with E-state index < -0.39 is 0 Å². The molecule has 2 aliphatic carbocycles. The van der Waals surface area contributed by atoms with E-state index in [2.05, 4.69) is 29.4 Å². The highest BCUT2D eigenvalue weighted by Crippen LogP contribution is 2.39. The van der Waals surface area contributed by atoms with Crippen LogP contribution in [0.25, 0.3) is 0 Å². The molecule has 2 N–H and O–H groups in total. The average Bonchev–Trinajstić information content (AvgIpc) is 3.37. The van der Waals surface area contributed by atoms with Gasteiger partial charge in [-0.15, -0.1) is 0 Å². The lowest BCUT2D eigenvalue weighted by Gasteiger charge is -2.06. The van der Waals surface area contributed by atoms with Gasteiger partial charge in [0.2, 0.25) is 5.13 Å². The van der Waals surface area contributed by atoms with Gasteiger partial charge in [0.25, 0.3) is 0 Å². The fourth-order valence-corrected chi connectivity index (χ4v) is 3.19. The quantitative estimate of drug-likeness (QED) is 0.803. The normalized spacial score (nSPS) is 18.4. The first-order chi connectivity index (χ1) is 9.81. The van der Waals surface area contributed by atoms with Crippen molar-refractivity contribution in [3.63, 3.8) is 0 Å². The summed E-state index contributed by atoms with van der Waals surface area (Å²) in [6.07, 6.45) is 4.94. The highest BCUT2D eigenvalue weighted by Gasteiger charge is 2.29. The van der Waals surface area contributed by atoms with Crippen molar-refractivity contribution in [2.75, 3.05) is 11.9 Å². The first-order valence-electron chi connectivity index (χ1n) is 7.04. The topological polar surface area (TPSA) is 71.4 Å². The molecule has 2 aromatic heterocycles. The van der Waals surface area contributed by atoms with Crippen LogP contribution in [0.3, 0.4) is 0 Å². The van der Waals surface area contributed by atoms with Crippen molar-refractivity contribution >= 4 is 28.9 Å². The Morgan fingerprint density at radius 1 is 1.30 bits per heavy atom. The van der Waals surface area contributed by atoms with E-state index in [0.717, 1.165) is 29.9 Å². The molecule has 0 spiro atoms. The molecule has 4 rings (SSSR count). The third-order valence-corrected chi connectivity index (χ3v) is 4.72. The molecule has 6 nitrogen and oxygen atoms in total. The third kappa shape index (κ3) is 2.49. The summed E-state index contributed by atoms with van der Waals surface area (Å²) in [6.45, 7) is 1.62. The second kappa shape index (κ2) is 4.92. The van der Waals surface area contributed by atoms with Crippen LogP contribution in [0.1, 0.15) is 49.2 Å². The van der Waals surface area contributed by atoms with Gasteiger partial charge in [-0.1, -0.05) is 0 Å². The molecule has 0 bridgehead atoms. The summed E-state index contributed by atoms with van der Waals surface area (Å²) in [5, 5.41) is 11.5. The Morgan fingerprint density at radius 3 is 2.85 bits per heavy atom. The average molecular weight is 308 g/mol. The Hall–Kier alpha value is -1.28. The first-order valence-corrected chi connectivity index (χ1v) is 8.22. The largest absolute Gasteiger partial charge is 0.358 e. The summed E-state index contributed by atoms with van der Waals surface area (Å²) in [5.41, 5.74) is 0. The summed E-state index contributed by atoms with van der Waals surface area (Å²) >= 11 is 6.74. The molecule has 2 aliphatic rings. The van der Waals surface area contributed by atoms with E-state index in [0.29, 0.717) is 16.6 Å². The Kier molecular flexibility index (Phi) is 3.07. The van der Waals surface area contributed by atoms with Crippen LogP contribution in [-0.4, -0.2) is 30.7 Å². The van der Waals surface area contributed by atoms with Gasteiger partial charge in [0.1, 0.15) is 11.6 Å². The number of hydrogen-bond donors (Lipinski definition) is 2. The molecule has 0 aromatic carbocycles. The van der Waals surface area contributed by atoms with Crippen molar-refractivity contribution < 1.29 is 0 Å². The molecule has 0 atom stereocenters. The predicted octanol–water partition coefficient (Wildman–Crippen LogP) is 2.66. The van der Waals surface area contributed by atoms with Crippen LogP contribution < -0.4 is 5.32 Å². The summed E-state index contributed by atoms with van der Waals surface area (Å²) in [5.74, 6) is 3.33. The number of nitrogens with one attached hydrogen (secondary N) is 2. The van der Waals surface area contributed by atoms with Gasteiger partial charge in [-0.25, -0.2) is 4.98 Å². The minimum atomic E-state index is 0.603. The van der Waals surface area contributed by atoms with Crippen molar-refractivity contribution in [3.05, 3.63) is 16.4 Å². The van der Waals surface area contributed by atoms with Crippen molar-refractivity contribution in [1.29, 1.82) is 0 Å². The van der Waals surface area contributed by atoms with Crippen molar-refractivity contribution in [2.45, 2.75) is 44.1 Å². The van der Waals surface area contributed by atoms with Gasteiger partial charge < -0.3 is 9.88 Å². The minimum absolute atomic E-state index is 0.603. The Balaban J connectivity index is 1.37. The van der Waals surface area contributed by atoms with Gasteiger partial charge in [-0.3, -0.25) is 5.10 Å². The Labute approximate surface area is 125 Å². The van der Waals surface area contributed by atoms with Gasteiger partial charge in [-0.05, 0) is 37.9 Å². The maximum Gasteiger partial charge on any atom is 0.202 e. The smallest absolute Gasteiger partial charge is 0.202 e. The highest BCUT2D eigenvalue weighted by atomic mass is 32.1. The van der Waals surface area contributed by atoms with Gasteiger partial charge in [0, 0.05) is 36.5 Å². The zero-order chi connectivity index (χ0) is 13.5. The monoisotopic (exact) mass is 308 g/mol. The molecule has 106 valence electrons. The summed E-state index contributed by atoms with van der Waals surface area (Å²) in [7, 11) is 0. The molecule has 0 aliphatic heterocycles. The van der Waals surface area contributed by atoms with E-state index in [9.17, 15) is 0 Å². The first kappa shape index (κ1) is 12.5. The van der Waals surface area contributed by atoms with E-state index >= 15 is 0 Å². The second-order valence-corrected chi connectivity index (χ2v) is 6.61. The maximum absolute atomic E-state index is 5.29. The predicted molar refractivity (Wildman–Crippen MR) is 79.8 cm³/mol. The lowest BCUT2D eigenvalue weighted by Crippen LogP contribution is -2.12. The van der Waals surface area contributed by atoms with Gasteiger partial charge >= 0.3 is 0 Å². The summed E-state index contributed by atoms with van der Waals surface area (Å²) in [4.78, 5) is 4.52. The van der Waals surface area contributed by atoms with E-state index in [1.807, 2.05) is 0 Å². The SMILES string of the molecule is S=c1[nH]nc(C2CC2)n1CCNc1nc(C2CC2)ns1. The standard InChI is InChI=1S/C12H16N6S2/c19-12-16-15-10(8-3-4-8)18(12)6-5-13-11-14-9(17-20-11)7-1-2-7/h7-8H,1-6H2,(H,16,19)(H,13,14,17). The molecule has 2 heterocycles. The summed E-state index contributed by atoms with van der Waals surface area (Å²) in [6, 6.07) is 0. The number of nitrogens with zero attached hydrogens (tertiary/aromatic N) is 4. The molecule has 0 unspecified atom stereocenters. The zero-order valence-corrected chi connectivity index (χ0v) is 12.6. The molecule has 0 radical (unpaired) electrons. The second-order valence-electron chi connectivity index (χ2n) is 5.47. The van der Waals surface area contributed by atoms with Gasteiger partial charge in [0.15, 0.2) is 4.77 Å². The van der Waals surface area contributed by atoms with E-state index in [1.165, 1.54) is 37.2 Å². The number of aromatic amines is 1. The van der Waals surface area contributed by atoms with Gasteiger partial charge in [0.05, 0.1) is 0 Å². The summed E-state index contributed by atoms with van der Waals surface area (Å²) < 4.78 is 7.20. The zero-order valence-electron chi connectivity index (χ0n) is 11.0. The molecule has 8 heteroatoms. The van der Waals surface area contributed by atoms with Crippen LogP contribution in [0.4, 0.5) is 5.13 Å². The molecule has 2 saturated carbocycles. The molecule has 2 aromatic rings. The Bertz CT molecular complexity index is 664. The maximum atomic E-state index is 5.29. The number of anilines is 1. The van der Waals surface area contributed by atoms with Gasteiger partial charge in [-0.2, -0.15) is 9.47 Å². The van der Waals surface area contributed by atoms with E-state index in [1.54, 1.807) is 0 Å². The molecule has 2 fully saturated rings. The fourth-order valence-electron chi connectivity index (χ4n) is 2.29. The van der Waals surface area contributed by atoms with Crippen LogP contribution in [0.15, 0.2) is 0 Å². The fraction of sp³-hybridized carbons (Fsp3) is 0.667. The third-order valence-electron chi connectivity index (χ3n) is 3.73.